The van der Waals surface area contributed by atoms with Gasteiger partial charge < -0.3 is 0 Å². The number of carbonyl (C=O) groups is 1. The molecule has 0 radical (unpaired) electrons. The highest BCUT2D eigenvalue weighted by Gasteiger charge is 2.26. The molecule has 0 amide bonds. The molecule has 2 aromatic rings. The molecule has 0 saturated carbocycles. The van der Waals surface area contributed by atoms with Gasteiger partial charge in [-0.2, -0.15) is 11.3 Å². The lowest BCUT2D eigenvalue weighted by atomic mass is 9.83. The summed E-state index contributed by atoms with van der Waals surface area (Å²) in [5, 5.41) is 6.25. The van der Waals surface area contributed by atoms with Crippen molar-refractivity contribution in [3.8, 4) is 0 Å². The maximum atomic E-state index is 12.3. The first-order chi connectivity index (χ1) is 8.34. The highest BCUT2D eigenvalue weighted by Crippen LogP contribution is 2.36. The Morgan fingerprint density at radius 2 is 2.29 bits per heavy atom. The number of hydrogen-bond acceptors (Lipinski definition) is 3. The van der Waals surface area contributed by atoms with E-state index in [0.29, 0.717) is 12.2 Å². The van der Waals surface area contributed by atoms with Gasteiger partial charge in [0.25, 0.3) is 0 Å². The number of carbonyl (C=O) groups excluding carboxylic acids is 1. The number of Topliss-reactive ketones (excluding diaryl/α,β-unsaturated/α-hetero) is 1. The van der Waals surface area contributed by atoms with Crippen LogP contribution in [0.1, 0.15) is 34.8 Å². The van der Waals surface area contributed by atoms with Crippen molar-refractivity contribution < 1.29 is 4.79 Å². The number of hydrogen-bond donors (Lipinski definition) is 0. The molecule has 3 rings (SSSR count). The summed E-state index contributed by atoms with van der Waals surface area (Å²) in [5.41, 5.74) is 2.48. The summed E-state index contributed by atoms with van der Waals surface area (Å²) < 4.78 is 0. The Bertz CT molecular complexity index is 510. The van der Waals surface area contributed by atoms with Crippen molar-refractivity contribution in [2.75, 3.05) is 0 Å². The minimum Gasteiger partial charge on any atom is -0.299 e. The van der Waals surface area contributed by atoms with Gasteiger partial charge >= 0.3 is 0 Å². The Morgan fingerprint density at radius 3 is 3.12 bits per heavy atom. The van der Waals surface area contributed by atoms with Crippen LogP contribution in [0.4, 0.5) is 0 Å². The van der Waals surface area contributed by atoms with Crippen molar-refractivity contribution in [3.63, 3.8) is 0 Å². The topological polar surface area (TPSA) is 17.1 Å². The summed E-state index contributed by atoms with van der Waals surface area (Å²) in [6.45, 7) is 0. The number of aryl methyl sites for hydroxylation is 1. The lowest BCUT2D eigenvalue weighted by molar-refractivity contribution is -0.120. The molecule has 0 aromatic carbocycles. The zero-order valence-corrected chi connectivity index (χ0v) is 11.2. The van der Waals surface area contributed by atoms with E-state index in [0.717, 1.165) is 19.3 Å². The van der Waals surface area contributed by atoms with Gasteiger partial charge in [-0.1, -0.05) is 0 Å². The zero-order chi connectivity index (χ0) is 11.7. The molecular weight excluding hydrogens is 248 g/mol. The SMILES string of the molecule is O=C(Cc1ccsc1)C1CCCc2sccc21. The van der Waals surface area contributed by atoms with Gasteiger partial charge in [-0.3, -0.25) is 4.79 Å². The molecule has 0 bridgehead atoms. The van der Waals surface area contributed by atoms with E-state index < -0.39 is 0 Å². The summed E-state index contributed by atoms with van der Waals surface area (Å²) >= 11 is 3.47. The van der Waals surface area contributed by atoms with Crippen LogP contribution >= 0.6 is 22.7 Å². The molecule has 0 saturated heterocycles. The molecule has 1 unspecified atom stereocenters. The quantitative estimate of drug-likeness (QED) is 0.816. The van der Waals surface area contributed by atoms with Crippen LogP contribution in [0.3, 0.4) is 0 Å². The Kier molecular flexibility index (Phi) is 3.12. The molecule has 2 heterocycles. The number of ketones is 1. The third kappa shape index (κ3) is 2.22. The third-order valence-corrected chi connectivity index (χ3v) is 5.13. The summed E-state index contributed by atoms with van der Waals surface area (Å²) in [6.07, 6.45) is 3.96. The van der Waals surface area contributed by atoms with E-state index in [2.05, 4.69) is 22.9 Å². The molecule has 0 fully saturated rings. The monoisotopic (exact) mass is 262 g/mol. The Balaban J connectivity index is 1.80. The molecule has 88 valence electrons. The maximum Gasteiger partial charge on any atom is 0.144 e. The van der Waals surface area contributed by atoms with Crippen LogP contribution in [0.25, 0.3) is 0 Å². The molecule has 1 aliphatic rings. The first kappa shape index (κ1) is 11.2. The summed E-state index contributed by atoms with van der Waals surface area (Å²) in [5.74, 6) is 0.549. The molecule has 1 nitrogen and oxygen atoms in total. The largest absolute Gasteiger partial charge is 0.299 e. The molecule has 2 aromatic heterocycles. The van der Waals surface area contributed by atoms with Gasteiger partial charge in [0.1, 0.15) is 5.78 Å². The fourth-order valence-electron chi connectivity index (χ4n) is 2.54. The molecule has 17 heavy (non-hydrogen) atoms. The normalized spacial score (nSPS) is 18.9. The Labute approximate surface area is 109 Å². The number of thiophene rings is 2. The van der Waals surface area contributed by atoms with Gasteiger partial charge in [-0.25, -0.2) is 0 Å². The average Bonchev–Trinajstić information content (AvgIpc) is 2.97. The second-order valence-corrected chi connectivity index (χ2v) is 6.30. The average molecular weight is 262 g/mol. The van der Waals surface area contributed by atoms with Crippen molar-refractivity contribution in [2.45, 2.75) is 31.6 Å². The summed E-state index contributed by atoms with van der Waals surface area (Å²) in [4.78, 5) is 13.8. The predicted octanol–water partition coefficient (Wildman–Crippen LogP) is 4.04. The summed E-state index contributed by atoms with van der Waals surface area (Å²) in [6, 6.07) is 4.20. The van der Waals surface area contributed by atoms with E-state index in [1.54, 1.807) is 22.7 Å². The van der Waals surface area contributed by atoms with Gasteiger partial charge in [0.05, 0.1) is 0 Å². The first-order valence-corrected chi connectivity index (χ1v) is 7.77. The van der Waals surface area contributed by atoms with Crippen LogP contribution in [0, 0.1) is 0 Å². The zero-order valence-electron chi connectivity index (χ0n) is 9.52. The van der Waals surface area contributed by atoms with Crippen molar-refractivity contribution in [3.05, 3.63) is 44.3 Å². The highest BCUT2D eigenvalue weighted by molar-refractivity contribution is 7.10. The van der Waals surface area contributed by atoms with Crippen molar-refractivity contribution in [2.24, 2.45) is 0 Å². The lowest BCUT2D eigenvalue weighted by Crippen LogP contribution is -2.18. The van der Waals surface area contributed by atoms with Crippen LogP contribution in [0.2, 0.25) is 0 Å². The second kappa shape index (κ2) is 4.75. The predicted molar refractivity (Wildman–Crippen MR) is 73.0 cm³/mol. The third-order valence-electron chi connectivity index (χ3n) is 3.40. The molecule has 1 atom stereocenters. The van der Waals surface area contributed by atoms with Crippen LogP contribution < -0.4 is 0 Å². The smallest absolute Gasteiger partial charge is 0.144 e. The van der Waals surface area contributed by atoms with Gasteiger partial charge in [0.2, 0.25) is 0 Å². The molecule has 0 N–H and O–H groups in total. The van der Waals surface area contributed by atoms with E-state index in [-0.39, 0.29) is 5.92 Å². The van der Waals surface area contributed by atoms with Gasteiger partial charge in [0.15, 0.2) is 0 Å². The van der Waals surface area contributed by atoms with E-state index >= 15 is 0 Å². The van der Waals surface area contributed by atoms with Gasteiger partial charge in [-0.15, -0.1) is 11.3 Å². The van der Waals surface area contributed by atoms with Crippen LogP contribution in [-0.2, 0) is 17.6 Å². The van der Waals surface area contributed by atoms with Crippen molar-refractivity contribution >= 4 is 28.5 Å². The molecule has 1 aliphatic carbocycles. The molecular formula is C14H14OS2. The van der Waals surface area contributed by atoms with E-state index in [1.807, 2.05) is 5.38 Å². The first-order valence-electron chi connectivity index (χ1n) is 5.94. The van der Waals surface area contributed by atoms with Crippen molar-refractivity contribution in [1.29, 1.82) is 0 Å². The Hall–Kier alpha value is -0.930. The van der Waals surface area contributed by atoms with Gasteiger partial charge in [-0.05, 0) is 58.7 Å². The van der Waals surface area contributed by atoms with Crippen LogP contribution in [0.5, 0.6) is 0 Å². The fourth-order valence-corrected chi connectivity index (χ4v) is 4.19. The lowest BCUT2D eigenvalue weighted by Gasteiger charge is -2.21. The number of fused-ring (bicyclic) bond motifs is 1. The van der Waals surface area contributed by atoms with E-state index in [9.17, 15) is 4.79 Å². The minimum atomic E-state index is 0.157. The summed E-state index contributed by atoms with van der Waals surface area (Å²) in [7, 11) is 0. The highest BCUT2D eigenvalue weighted by atomic mass is 32.1. The number of rotatable bonds is 3. The second-order valence-electron chi connectivity index (χ2n) is 4.52. The van der Waals surface area contributed by atoms with Crippen molar-refractivity contribution in [1.82, 2.24) is 0 Å². The van der Waals surface area contributed by atoms with Crippen LogP contribution in [-0.4, -0.2) is 5.78 Å². The minimum absolute atomic E-state index is 0.157. The Morgan fingerprint density at radius 1 is 1.35 bits per heavy atom. The molecule has 0 aliphatic heterocycles. The maximum absolute atomic E-state index is 12.3. The van der Waals surface area contributed by atoms with E-state index in [1.165, 1.54) is 16.0 Å². The van der Waals surface area contributed by atoms with Crippen LogP contribution in [0.15, 0.2) is 28.3 Å². The van der Waals surface area contributed by atoms with E-state index in [4.69, 9.17) is 0 Å². The fraction of sp³-hybridized carbons (Fsp3) is 0.357. The molecule has 3 heteroatoms. The van der Waals surface area contributed by atoms with Gasteiger partial charge in [0, 0.05) is 17.2 Å². The molecule has 0 spiro atoms. The standard InChI is InChI=1S/C14H14OS2/c15-13(8-10-4-6-16-9-10)11-2-1-3-14-12(11)5-7-17-14/h4-7,9,11H,1-3,8H2.